The van der Waals surface area contributed by atoms with Crippen molar-refractivity contribution in [3.8, 4) is 0 Å². The van der Waals surface area contributed by atoms with Crippen molar-refractivity contribution in [3.05, 3.63) is 108 Å². The van der Waals surface area contributed by atoms with Crippen molar-refractivity contribution in [2.75, 3.05) is 34.0 Å². The minimum absolute atomic E-state index is 0.0863. The average Bonchev–Trinajstić information content (AvgIpc) is 2.90. The van der Waals surface area contributed by atoms with Gasteiger partial charge in [0.2, 0.25) is 0 Å². The van der Waals surface area contributed by atoms with Crippen LogP contribution in [-0.4, -0.2) is 51.0 Å². The molecule has 36 heavy (non-hydrogen) atoms. The van der Waals surface area contributed by atoms with Crippen molar-refractivity contribution in [3.63, 3.8) is 0 Å². The first-order valence-corrected chi connectivity index (χ1v) is 13.5. The summed E-state index contributed by atoms with van der Waals surface area (Å²) in [5.74, 6) is -0.563. The number of methoxy groups -OCH3 is 1. The molecule has 192 valence electrons. The third kappa shape index (κ3) is 8.40. The van der Waals surface area contributed by atoms with Gasteiger partial charge in [0.05, 0.1) is 6.16 Å². The Balaban J connectivity index is 1.85. The van der Waals surface area contributed by atoms with Gasteiger partial charge in [-0.3, -0.25) is 9.46 Å². The molecule has 3 rings (SSSR count). The van der Waals surface area contributed by atoms with Crippen molar-refractivity contribution in [1.29, 1.82) is 0 Å². The van der Waals surface area contributed by atoms with E-state index in [0.717, 1.165) is 11.1 Å². The van der Waals surface area contributed by atoms with Gasteiger partial charge in [-0.2, -0.15) is 0 Å². The first-order valence-electron chi connectivity index (χ1n) is 11.8. The topological polar surface area (TPSA) is 74.3 Å². The first-order chi connectivity index (χ1) is 17.5. The molecule has 8 heteroatoms. The SMILES string of the molecule is CO[C@H](C(=O)O[C@@H](CN(Cc1ccccc1)Cc1ccccc1)CP(=O)(OC)OC)c1ccccc1. The minimum atomic E-state index is -3.47. The molecule has 0 N–H and O–H groups in total. The van der Waals surface area contributed by atoms with Crippen LogP contribution in [0.1, 0.15) is 22.8 Å². The van der Waals surface area contributed by atoms with E-state index in [1.165, 1.54) is 21.3 Å². The highest BCUT2D eigenvalue weighted by atomic mass is 31.2. The highest BCUT2D eigenvalue weighted by Crippen LogP contribution is 2.47. The molecule has 0 radical (unpaired) electrons. The molecule has 3 aromatic rings. The molecule has 0 amide bonds. The van der Waals surface area contributed by atoms with Crippen LogP contribution in [0.25, 0.3) is 0 Å². The van der Waals surface area contributed by atoms with E-state index in [4.69, 9.17) is 18.5 Å². The van der Waals surface area contributed by atoms with Crippen LogP contribution < -0.4 is 0 Å². The van der Waals surface area contributed by atoms with E-state index in [9.17, 15) is 9.36 Å². The van der Waals surface area contributed by atoms with Crippen molar-refractivity contribution in [2.24, 2.45) is 0 Å². The number of carbonyl (C=O) groups excluding carboxylic acids is 1. The van der Waals surface area contributed by atoms with Crippen LogP contribution in [0.4, 0.5) is 0 Å². The van der Waals surface area contributed by atoms with E-state index >= 15 is 0 Å². The smallest absolute Gasteiger partial charge is 0.340 e. The predicted molar refractivity (Wildman–Crippen MR) is 140 cm³/mol. The summed E-state index contributed by atoms with van der Waals surface area (Å²) in [5, 5.41) is 0. The molecule has 0 aliphatic rings. The number of hydrogen-bond donors (Lipinski definition) is 0. The summed E-state index contributed by atoms with van der Waals surface area (Å²) >= 11 is 0. The summed E-state index contributed by atoms with van der Waals surface area (Å²) in [7, 11) is 0.649. The zero-order chi connectivity index (χ0) is 25.8. The fraction of sp³-hybridized carbons (Fsp3) is 0.321. The normalized spacial score (nSPS) is 13.3. The van der Waals surface area contributed by atoms with E-state index in [-0.39, 0.29) is 6.16 Å². The summed E-state index contributed by atoms with van der Waals surface area (Å²) in [6, 6.07) is 29.2. The average molecular weight is 512 g/mol. The van der Waals surface area contributed by atoms with Gasteiger partial charge in [-0.1, -0.05) is 91.0 Å². The molecule has 0 aromatic heterocycles. The number of rotatable bonds is 14. The molecule has 0 unspecified atom stereocenters. The fourth-order valence-corrected chi connectivity index (χ4v) is 5.12. The molecule has 0 aliphatic heterocycles. The first kappa shape index (κ1) is 27.8. The van der Waals surface area contributed by atoms with Crippen LogP contribution in [0.15, 0.2) is 91.0 Å². The lowest BCUT2D eigenvalue weighted by Gasteiger charge is -2.30. The summed E-state index contributed by atoms with van der Waals surface area (Å²) in [6.07, 6.45) is -1.76. The second-order valence-corrected chi connectivity index (χ2v) is 10.7. The number of carbonyl (C=O) groups is 1. The maximum Gasteiger partial charge on any atom is 0.340 e. The van der Waals surface area contributed by atoms with E-state index in [2.05, 4.69) is 4.90 Å². The van der Waals surface area contributed by atoms with E-state index in [0.29, 0.717) is 25.2 Å². The van der Waals surface area contributed by atoms with Gasteiger partial charge in [0.25, 0.3) is 0 Å². The summed E-state index contributed by atoms with van der Waals surface area (Å²) < 4.78 is 34.8. The quantitative estimate of drug-likeness (QED) is 0.210. The second-order valence-electron chi connectivity index (χ2n) is 8.38. The van der Waals surface area contributed by atoms with Gasteiger partial charge >= 0.3 is 13.6 Å². The van der Waals surface area contributed by atoms with Crippen molar-refractivity contribution in [2.45, 2.75) is 25.3 Å². The van der Waals surface area contributed by atoms with Crippen LogP contribution >= 0.6 is 7.60 Å². The number of nitrogens with zero attached hydrogens (tertiary/aromatic N) is 1. The molecule has 0 saturated carbocycles. The lowest BCUT2D eigenvalue weighted by Crippen LogP contribution is -2.38. The van der Waals surface area contributed by atoms with Crippen LogP contribution in [0, 0.1) is 0 Å². The molecule has 3 aromatic carbocycles. The van der Waals surface area contributed by atoms with Crippen molar-refractivity contribution < 1.29 is 27.9 Å². The molecule has 7 nitrogen and oxygen atoms in total. The molecular weight excluding hydrogens is 477 g/mol. The standard InChI is InChI=1S/C28H34NO6P/c1-32-27(25-17-11-6-12-18-25)28(30)35-26(22-36(31,33-2)34-3)21-29(19-23-13-7-4-8-14-23)20-24-15-9-5-10-16-24/h4-18,26-27H,19-22H2,1-3H3/t26-,27-/m0/s1. The molecular formula is C28H34NO6P. The van der Waals surface area contributed by atoms with Crippen LogP contribution in [0.5, 0.6) is 0 Å². The van der Waals surface area contributed by atoms with Crippen molar-refractivity contribution in [1.82, 2.24) is 4.90 Å². The van der Waals surface area contributed by atoms with Gasteiger partial charge in [0, 0.05) is 41.0 Å². The van der Waals surface area contributed by atoms with Crippen LogP contribution in [-0.2, 0) is 41.0 Å². The zero-order valence-corrected chi connectivity index (χ0v) is 21.9. The highest BCUT2D eigenvalue weighted by molar-refractivity contribution is 7.53. The summed E-state index contributed by atoms with van der Waals surface area (Å²) in [4.78, 5) is 15.4. The fourth-order valence-electron chi connectivity index (χ4n) is 3.98. The van der Waals surface area contributed by atoms with Gasteiger partial charge < -0.3 is 18.5 Å². The van der Waals surface area contributed by atoms with Gasteiger partial charge in [-0.25, -0.2) is 4.79 Å². The maximum absolute atomic E-state index is 13.2. The Kier molecular flexibility index (Phi) is 10.9. The molecule has 0 aliphatic carbocycles. The Bertz CT molecular complexity index is 1050. The minimum Gasteiger partial charge on any atom is -0.458 e. The Morgan fingerprint density at radius 2 is 1.25 bits per heavy atom. The lowest BCUT2D eigenvalue weighted by molar-refractivity contribution is -0.161. The Hall–Kier alpha value is -2.80. The Labute approximate surface area is 213 Å². The third-order valence-corrected chi connectivity index (χ3v) is 7.75. The zero-order valence-electron chi connectivity index (χ0n) is 21.0. The number of hydrogen-bond acceptors (Lipinski definition) is 7. The number of esters is 1. The summed E-state index contributed by atoms with van der Waals surface area (Å²) in [5.41, 5.74) is 2.90. The van der Waals surface area contributed by atoms with Gasteiger partial charge in [-0.05, 0) is 16.7 Å². The molecule has 0 fully saturated rings. The van der Waals surface area contributed by atoms with E-state index < -0.39 is 25.8 Å². The monoisotopic (exact) mass is 511 g/mol. The van der Waals surface area contributed by atoms with Gasteiger partial charge in [0.1, 0.15) is 6.10 Å². The maximum atomic E-state index is 13.2. The lowest BCUT2D eigenvalue weighted by atomic mass is 10.1. The predicted octanol–water partition coefficient (Wildman–Crippen LogP) is 5.47. The Morgan fingerprint density at radius 3 is 1.69 bits per heavy atom. The van der Waals surface area contributed by atoms with Crippen molar-refractivity contribution >= 4 is 13.6 Å². The van der Waals surface area contributed by atoms with E-state index in [1.807, 2.05) is 78.9 Å². The molecule has 2 atom stereocenters. The highest BCUT2D eigenvalue weighted by Gasteiger charge is 2.33. The number of benzene rings is 3. The largest absolute Gasteiger partial charge is 0.458 e. The van der Waals surface area contributed by atoms with Gasteiger partial charge in [-0.15, -0.1) is 0 Å². The third-order valence-electron chi connectivity index (χ3n) is 5.78. The van der Waals surface area contributed by atoms with Gasteiger partial charge in [0.15, 0.2) is 6.10 Å². The molecule has 0 bridgehead atoms. The molecule has 0 saturated heterocycles. The number of ether oxygens (including phenoxy) is 2. The van der Waals surface area contributed by atoms with Crippen LogP contribution in [0.2, 0.25) is 0 Å². The second kappa shape index (κ2) is 14.1. The van der Waals surface area contributed by atoms with E-state index in [1.54, 1.807) is 12.1 Å². The Morgan fingerprint density at radius 1 is 0.778 bits per heavy atom. The van der Waals surface area contributed by atoms with Crippen LogP contribution in [0.3, 0.4) is 0 Å². The summed E-state index contributed by atoms with van der Waals surface area (Å²) in [6.45, 7) is 1.54. The molecule has 0 spiro atoms. The molecule has 0 heterocycles.